The van der Waals surface area contributed by atoms with E-state index in [0.29, 0.717) is 28.5 Å². The minimum Gasteiger partial charge on any atom is -0.481 e. The highest BCUT2D eigenvalue weighted by Crippen LogP contribution is 2.26. The predicted molar refractivity (Wildman–Crippen MR) is 124 cm³/mol. The highest BCUT2D eigenvalue weighted by Gasteiger charge is 2.19. The van der Waals surface area contributed by atoms with Gasteiger partial charge >= 0.3 is 0 Å². The topological polar surface area (TPSA) is 62.3 Å². The van der Waals surface area contributed by atoms with Crippen molar-refractivity contribution in [3.63, 3.8) is 0 Å². The Morgan fingerprint density at radius 1 is 1.13 bits per heavy atom. The van der Waals surface area contributed by atoms with Crippen LogP contribution in [0.3, 0.4) is 0 Å². The molecule has 30 heavy (non-hydrogen) atoms. The fraction of sp³-hybridized carbons (Fsp3) is 0.227. The van der Waals surface area contributed by atoms with E-state index in [1.165, 1.54) is 11.1 Å². The summed E-state index contributed by atoms with van der Waals surface area (Å²) in [5, 5.41) is 7.37. The number of rotatable bonds is 5. The van der Waals surface area contributed by atoms with Gasteiger partial charge in [0, 0.05) is 30.7 Å². The number of methoxy groups -OCH3 is 1. The Kier molecular flexibility index (Phi) is 6.30. The molecule has 0 radical (unpaired) electrons. The SMILES string of the molecule is COc1cc(N2CCc3ccccc3C2)nc(NC(=S)NCc2ccc(Cl)cc2)n1. The minimum absolute atomic E-state index is 0.400. The largest absolute Gasteiger partial charge is 0.481 e. The first kappa shape index (κ1) is 20.4. The Hall–Kier alpha value is -2.90. The Bertz CT molecular complexity index is 1040. The van der Waals surface area contributed by atoms with Crippen LogP contribution in [-0.2, 0) is 19.5 Å². The first-order valence-corrected chi connectivity index (χ1v) is 10.4. The molecule has 4 rings (SSSR count). The van der Waals surface area contributed by atoms with Crippen molar-refractivity contribution in [2.45, 2.75) is 19.5 Å². The molecular formula is C22H22ClN5OS. The number of ether oxygens (including phenoxy) is 1. The average molecular weight is 440 g/mol. The Morgan fingerprint density at radius 2 is 1.90 bits per heavy atom. The van der Waals surface area contributed by atoms with E-state index in [-0.39, 0.29) is 0 Å². The number of halogens is 1. The molecule has 0 atom stereocenters. The molecule has 1 aliphatic rings. The van der Waals surface area contributed by atoms with Crippen molar-refractivity contribution in [1.29, 1.82) is 0 Å². The molecule has 6 nitrogen and oxygen atoms in total. The van der Waals surface area contributed by atoms with Crippen LogP contribution in [-0.4, -0.2) is 28.7 Å². The summed E-state index contributed by atoms with van der Waals surface area (Å²) in [6.07, 6.45) is 0.978. The van der Waals surface area contributed by atoms with Crippen molar-refractivity contribution in [2.24, 2.45) is 0 Å². The summed E-state index contributed by atoms with van der Waals surface area (Å²) in [6.45, 7) is 2.26. The maximum absolute atomic E-state index is 5.93. The van der Waals surface area contributed by atoms with Crippen molar-refractivity contribution in [3.05, 3.63) is 76.3 Å². The van der Waals surface area contributed by atoms with Crippen molar-refractivity contribution in [2.75, 3.05) is 23.9 Å². The van der Waals surface area contributed by atoms with Gasteiger partial charge in [-0.25, -0.2) is 0 Å². The van der Waals surface area contributed by atoms with Crippen LogP contribution in [0, 0.1) is 0 Å². The maximum Gasteiger partial charge on any atom is 0.234 e. The van der Waals surface area contributed by atoms with E-state index in [1.54, 1.807) is 7.11 Å². The number of hydrogen-bond donors (Lipinski definition) is 2. The van der Waals surface area contributed by atoms with E-state index in [1.807, 2.05) is 30.3 Å². The summed E-state index contributed by atoms with van der Waals surface area (Å²) in [5.74, 6) is 1.69. The van der Waals surface area contributed by atoms with E-state index in [9.17, 15) is 0 Å². The van der Waals surface area contributed by atoms with Crippen LogP contribution in [0.5, 0.6) is 5.88 Å². The van der Waals surface area contributed by atoms with Gasteiger partial charge in [-0.05, 0) is 47.5 Å². The summed E-state index contributed by atoms with van der Waals surface area (Å²) in [5.41, 5.74) is 3.78. The molecule has 0 amide bonds. The van der Waals surface area contributed by atoms with E-state index in [0.717, 1.165) is 30.9 Å². The van der Waals surface area contributed by atoms with Crippen molar-refractivity contribution >= 4 is 40.7 Å². The molecule has 8 heteroatoms. The lowest BCUT2D eigenvalue weighted by atomic mass is 10.00. The van der Waals surface area contributed by atoms with Gasteiger partial charge in [-0.1, -0.05) is 48.0 Å². The number of aromatic nitrogens is 2. The predicted octanol–water partition coefficient (Wildman–Crippen LogP) is 4.19. The number of fused-ring (bicyclic) bond motifs is 1. The van der Waals surface area contributed by atoms with Crippen molar-refractivity contribution in [1.82, 2.24) is 15.3 Å². The van der Waals surface area contributed by atoms with Crippen molar-refractivity contribution < 1.29 is 4.74 Å². The fourth-order valence-corrected chi connectivity index (χ4v) is 3.65. The van der Waals surface area contributed by atoms with Gasteiger partial charge in [0.2, 0.25) is 11.8 Å². The molecule has 0 unspecified atom stereocenters. The molecule has 2 N–H and O–H groups in total. The molecule has 0 saturated heterocycles. The second-order valence-electron chi connectivity index (χ2n) is 6.97. The molecule has 0 aliphatic carbocycles. The summed E-state index contributed by atoms with van der Waals surface area (Å²) >= 11 is 11.3. The van der Waals surface area contributed by atoms with Gasteiger partial charge in [-0.15, -0.1) is 0 Å². The molecule has 2 aromatic carbocycles. The van der Waals surface area contributed by atoms with Gasteiger partial charge in [0.05, 0.1) is 7.11 Å². The molecule has 0 saturated carbocycles. The van der Waals surface area contributed by atoms with Gasteiger partial charge in [0.15, 0.2) is 5.11 Å². The van der Waals surface area contributed by atoms with Gasteiger partial charge < -0.3 is 20.3 Å². The van der Waals surface area contributed by atoms with E-state index in [2.05, 4.69) is 49.8 Å². The second-order valence-corrected chi connectivity index (χ2v) is 7.81. The van der Waals surface area contributed by atoms with Crippen LogP contribution in [0.2, 0.25) is 5.02 Å². The standard InChI is InChI=1S/C22H22ClN5OS/c1-29-20-12-19(28-11-10-16-4-2-3-5-17(16)14-28)25-21(26-20)27-22(30)24-13-15-6-8-18(23)9-7-15/h2-9,12H,10-11,13-14H2,1H3,(H2,24,25,26,27,30). The lowest BCUT2D eigenvalue weighted by Crippen LogP contribution is -2.32. The summed E-state index contributed by atoms with van der Waals surface area (Å²) in [7, 11) is 1.60. The second kappa shape index (κ2) is 9.28. The number of hydrogen-bond acceptors (Lipinski definition) is 5. The Balaban J connectivity index is 1.45. The van der Waals surface area contributed by atoms with Crippen LogP contribution >= 0.6 is 23.8 Å². The third-order valence-corrected chi connectivity index (χ3v) is 5.44. The normalized spacial score (nSPS) is 12.8. The smallest absolute Gasteiger partial charge is 0.234 e. The number of thiocarbonyl (C=S) groups is 1. The van der Waals surface area contributed by atoms with Gasteiger partial charge in [0.25, 0.3) is 0 Å². The van der Waals surface area contributed by atoms with Crippen molar-refractivity contribution in [3.8, 4) is 5.88 Å². The highest BCUT2D eigenvalue weighted by molar-refractivity contribution is 7.80. The van der Waals surface area contributed by atoms with Gasteiger partial charge in [0.1, 0.15) is 5.82 Å². The molecule has 0 fully saturated rings. The molecule has 2 heterocycles. The zero-order valence-electron chi connectivity index (χ0n) is 16.6. The molecular weight excluding hydrogens is 418 g/mol. The molecule has 3 aromatic rings. The third kappa shape index (κ3) is 4.98. The van der Waals surface area contributed by atoms with Crippen LogP contribution < -0.4 is 20.3 Å². The number of nitrogens with one attached hydrogen (secondary N) is 2. The summed E-state index contributed by atoms with van der Waals surface area (Å²) < 4.78 is 5.38. The lowest BCUT2D eigenvalue weighted by molar-refractivity contribution is 0.397. The van der Waals surface area contributed by atoms with Gasteiger partial charge in [-0.2, -0.15) is 9.97 Å². The molecule has 0 spiro atoms. The highest BCUT2D eigenvalue weighted by atomic mass is 35.5. The van der Waals surface area contributed by atoms with E-state index < -0.39 is 0 Å². The number of anilines is 2. The zero-order chi connectivity index (χ0) is 20.9. The summed E-state index contributed by atoms with van der Waals surface area (Å²) in [4.78, 5) is 11.3. The number of benzene rings is 2. The Labute approximate surface area is 186 Å². The van der Waals surface area contributed by atoms with Crippen LogP contribution in [0.25, 0.3) is 0 Å². The fourth-order valence-electron chi connectivity index (χ4n) is 3.36. The first-order chi connectivity index (χ1) is 14.6. The Morgan fingerprint density at radius 3 is 2.67 bits per heavy atom. The van der Waals surface area contributed by atoms with Crippen LogP contribution in [0.15, 0.2) is 54.6 Å². The molecule has 0 bridgehead atoms. The van der Waals surface area contributed by atoms with Gasteiger partial charge in [-0.3, -0.25) is 0 Å². The molecule has 1 aromatic heterocycles. The number of nitrogens with zero attached hydrogens (tertiary/aromatic N) is 3. The summed E-state index contributed by atoms with van der Waals surface area (Å²) in [6, 6.07) is 18.0. The quantitative estimate of drug-likeness (QED) is 0.578. The molecule has 154 valence electrons. The minimum atomic E-state index is 0.400. The average Bonchev–Trinajstić information content (AvgIpc) is 2.78. The maximum atomic E-state index is 5.93. The van der Waals surface area contributed by atoms with Crippen LogP contribution in [0.4, 0.5) is 11.8 Å². The lowest BCUT2D eigenvalue weighted by Gasteiger charge is -2.30. The first-order valence-electron chi connectivity index (χ1n) is 9.65. The van der Waals surface area contributed by atoms with Crippen LogP contribution in [0.1, 0.15) is 16.7 Å². The molecule has 1 aliphatic heterocycles. The monoisotopic (exact) mass is 439 g/mol. The van der Waals surface area contributed by atoms with E-state index in [4.69, 9.17) is 28.6 Å². The third-order valence-electron chi connectivity index (χ3n) is 4.94. The zero-order valence-corrected chi connectivity index (χ0v) is 18.1. The van der Waals surface area contributed by atoms with E-state index >= 15 is 0 Å².